The first kappa shape index (κ1) is 9.62. The number of pyridine rings is 1. The average Bonchev–Trinajstić information content (AvgIpc) is 2.61. The minimum Gasteiger partial charge on any atom is -0.330 e. The largest absolute Gasteiger partial charge is 0.330 e. The highest BCUT2D eigenvalue weighted by atomic mass is 15.2. The Morgan fingerprint density at radius 3 is 3.14 bits per heavy atom. The molecule has 0 saturated carbocycles. The van der Waals surface area contributed by atoms with Crippen LogP contribution in [0.1, 0.15) is 18.0 Å². The lowest BCUT2D eigenvalue weighted by Gasteiger charge is -2.24. The Hall–Kier alpha value is -0.930. The standard InChI is InChI=1S/C11H17N3/c1-14-6-4-9(7-12)11(14)10-3-2-5-13-8-10/h2-3,5,8-9,11H,4,6-7,12H2,1H3/t9?,11-/m1/s1. The minimum atomic E-state index is 0.466. The summed E-state index contributed by atoms with van der Waals surface area (Å²) >= 11 is 0. The van der Waals surface area contributed by atoms with E-state index >= 15 is 0 Å². The Labute approximate surface area is 84.9 Å². The molecule has 0 bridgehead atoms. The summed E-state index contributed by atoms with van der Waals surface area (Å²) in [6, 6.07) is 4.60. The zero-order valence-electron chi connectivity index (χ0n) is 8.56. The van der Waals surface area contributed by atoms with E-state index < -0.39 is 0 Å². The highest BCUT2D eigenvalue weighted by molar-refractivity contribution is 5.16. The molecular formula is C11H17N3. The fourth-order valence-electron chi connectivity index (χ4n) is 2.35. The summed E-state index contributed by atoms with van der Waals surface area (Å²) in [4.78, 5) is 6.53. The summed E-state index contributed by atoms with van der Waals surface area (Å²) in [5, 5.41) is 0. The van der Waals surface area contributed by atoms with Crippen LogP contribution in [0.3, 0.4) is 0 Å². The second kappa shape index (κ2) is 4.07. The van der Waals surface area contributed by atoms with Crippen molar-refractivity contribution in [2.75, 3.05) is 20.1 Å². The molecule has 0 aromatic carbocycles. The van der Waals surface area contributed by atoms with Gasteiger partial charge in [0.05, 0.1) is 0 Å². The van der Waals surface area contributed by atoms with Crippen LogP contribution < -0.4 is 5.73 Å². The molecule has 0 radical (unpaired) electrons. The molecule has 3 nitrogen and oxygen atoms in total. The molecule has 0 spiro atoms. The summed E-state index contributed by atoms with van der Waals surface area (Å²) in [6.07, 6.45) is 4.97. The van der Waals surface area contributed by atoms with E-state index in [0.717, 1.165) is 13.1 Å². The second-order valence-electron chi connectivity index (χ2n) is 4.00. The zero-order chi connectivity index (χ0) is 9.97. The number of likely N-dealkylation sites (tertiary alicyclic amines) is 1. The first-order chi connectivity index (χ1) is 6.83. The van der Waals surface area contributed by atoms with Gasteiger partial charge in [0.2, 0.25) is 0 Å². The Balaban J connectivity index is 2.23. The quantitative estimate of drug-likeness (QED) is 0.759. The van der Waals surface area contributed by atoms with Crippen LogP contribution in [0.25, 0.3) is 0 Å². The van der Waals surface area contributed by atoms with Crippen molar-refractivity contribution in [3.63, 3.8) is 0 Å². The van der Waals surface area contributed by atoms with Gasteiger partial charge in [-0.2, -0.15) is 0 Å². The minimum absolute atomic E-state index is 0.466. The van der Waals surface area contributed by atoms with Gasteiger partial charge in [0, 0.05) is 18.4 Å². The molecule has 76 valence electrons. The van der Waals surface area contributed by atoms with Crippen molar-refractivity contribution >= 4 is 0 Å². The van der Waals surface area contributed by atoms with Gasteiger partial charge >= 0.3 is 0 Å². The molecule has 1 fully saturated rings. The lowest BCUT2D eigenvalue weighted by molar-refractivity contribution is 0.279. The number of nitrogens with two attached hydrogens (primary N) is 1. The predicted molar refractivity (Wildman–Crippen MR) is 56.8 cm³/mol. The SMILES string of the molecule is CN1CCC(CN)[C@@H]1c1cccnc1. The summed E-state index contributed by atoms with van der Waals surface area (Å²) in [5.74, 6) is 0.587. The van der Waals surface area contributed by atoms with Crippen LogP contribution in [0, 0.1) is 5.92 Å². The van der Waals surface area contributed by atoms with Crippen LogP contribution in [-0.4, -0.2) is 30.0 Å². The molecule has 1 aromatic rings. The highest BCUT2D eigenvalue weighted by Gasteiger charge is 2.31. The molecule has 3 heteroatoms. The molecule has 2 rings (SSSR count). The van der Waals surface area contributed by atoms with Crippen molar-refractivity contribution in [2.45, 2.75) is 12.5 Å². The number of aromatic nitrogens is 1. The number of hydrogen-bond acceptors (Lipinski definition) is 3. The fourth-order valence-corrected chi connectivity index (χ4v) is 2.35. The van der Waals surface area contributed by atoms with Crippen LogP contribution in [0.4, 0.5) is 0 Å². The Bertz CT molecular complexity index is 286. The van der Waals surface area contributed by atoms with Crippen molar-refractivity contribution in [3.05, 3.63) is 30.1 Å². The molecular weight excluding hydrogens is 174 g/mol. The molecule has 0 amide bonds. The van der Waals surface area contributed by atoms with Gasteiger partial charge in [0.15, 0.2) is 0 Å². The van der Waals surface area contributed by atoms with E-state index in [1.54, 1.807) is 0 Å². The summed E-state index contributed by atoms with van der Waals surface area (Å²) in [6.45, 7) is 1.91. The molecule has 1 unspecified atom stereocenters. The van der Waals surface area contributed by atoms with Crippen molar-refractivity contribution < 1.29 is 0 Å². The van der Waals surface area contributed by atoms with Crippen molar-refractivity contribution in [3.8, 4) is 0 Å². The molecule has 1 aliphatic heterocycles. The summed E-state index contributed by atoms with van der Waals surface area (Å²) in [7, 11) is 2.16. The third-order valence-electron chi connectivity index (χ3n) is 3.10. The topological polar surface area (TPSA) is 42.1 Å². The molecule has 0 aliphatic carbocycles. The molecule has 2 N–H and O–H groups in total. The first-order valence-corrected chi connectivity index (χ1v) is 5.13. The van der Waals surface area contributed by atoms with E-state index in [0.29, 0.717) is 12.0 Å². The Morgan fingerprint density at radius 2 is 2.50 bits per heavy atom. The zero-order valence-corrected chi connectivity index (χ0v) is 8.56. The van der Waals surface area contributed by atoms with Crippen LogP contribution in [0.15, 0.2) is 24.5 Å². The van der Waals surface area contributed by atoms with Gasteiger partial charge in [-0.1, -0.05) is 6.07 Å². The molecule has 1 aromatic heterocycles. The lowest BCUT2D eigenvalue weighted by atomic mass is 9.95. The van der Waals surface area contributed by atoms with E-state index in [-0.39, 0.29) is 0 Å². The normalized spacial score (nSPS) is 28.1. The maximum absolute atomic E-state index is 5.78. The van der Waals surface area contributed by atoms with Crippen LogP contribution in [0.2, 0.25) is 0 Å². The lowest BCUT2D eigenvalue weighted by Crippen LogP contribution is -2.25. The van der Waals surface area contributed by atoms with Gasteiger partial charge < -0.3 is 5.73 Å². The van der Waals surface area contributed by atoms with Crippen LogP contribution in [-0.2, 0) is 0 Å². The maximum Gasteiger partial charge on any atom is 0.0400 e. The fraction of sp³-hybridized carbons (Fsp3) is 0.545. The van der Waals surface area contributed by atoms with E-state index in [1.807, 2.05) is 18.5 Å². The molecule has 1 aliphatic rings. The third-order valence-corrected chi connectivity index (χ3v) is 3.10. The number of nitrogens with zero attached hydrogens (tertiary/aromatic N) is 2. The van der Waals surface area contributed by atoms with Crippen molar-refractivity contribution in [1.29, 1.82) is 0 Å². The maximum atomic E-state index is 5.78. The third kappa shape index (κ3) is 1.65. The second-order valence-corrected chi connectivity index (χ2v) is 4.00. The van der Waals surface area contributed by atoms with Crippen LogP contribution >= 0.6 is 0 Å². The number of rotatable bonds is 2. The molecule has 1 saturated heterocycles. The highest BCUT2D eigenvalue weighted by Crippen LogP contribution is 2.34. The van der Waals surface area contributed by atoms with Gasteiger partial charge in [0.1, 0.15) is 0 Å². The summed E-state index contributed by atoms with van der Waals surface area (Å²) in [5.41, 5.74) is 7.07. The van der Waals surface area contributed by atoms with E-state index in [2.05, 4.69) is 23.0 Å². The number of hydrogen-bond donors (Lipinski definition) is 1. The molecule has 14 heavy (non-hydrogen) atoms. The molecule has 2 heterocycles. The molecule has 2 atom stereocenters. The predicted octanol–water partition coefficient (Wildman–Crippen LogP) is 1.03. The van der Waals surface area contributed by atoms with Crippen molar-refractivity contribution in [1.82, 2.24) is 9.88 Å². The monoisotopic (exact) mass is 191 g/mol. The van der Waals surface area contributed by atoms with Crippen molar-refractivity contribution in [2.24, 2.45) is 11.7 Å². The Morgan fingerprint density at radius 1 is 1.64 bits per heavy atom. The smallest absolute Gasteiger partial charge is 0.0400 e. The first-order valence-electron chi connectivity index (χ1n) is 5.13. The van der Waals surface area contributed by atoms with Gasteiger partial charge in [0.25, 0.3) is 0 Å². The van der Waals surface area contributed by atoms with Gasteiger partial charge in [-0.05, 0) is 44.1 Å². The van der Waals surface area contributed by atoms with E-state index in [4.69, 9.17) is 5.73 Å². The van der Waals surface area contributed by atoms with E-state index in [1.165, 1.54) is 12.0 Å². The average molecular weight is 191 g/mol. The van der Waals surface area contributed by atoms with Gasteiger partial charge in [-0.15, -0.1) is 0 Å². The van der Waals surface area contributed by atoms with Crippen LogP contribution in [0.5, 0.6) is 0 Å². The van der Waals surface area contributed by atoms with Gasteiger partial charge in [-0.3, -0.25) is 9.88 Å². The van der Waals surface area contributed by atoms with Gasteiger partial charge in [-0.25, -0.2) is 0 Å². The van der Waals surface area contributed by atoms with E-state index in [9.17, 15) is 0 Å². The Kier molecular flexibility index (Phi) is 2.79. The summed E-state index contributed by atoms with van der Waals surface area (Å²) < 4.78 is 0.